The lowest BCUT2D eigenvalue weighted by atomic mass is 9.91. The largest absolute Gasteiger partial charge is 0.0985 e. The lowest BCUT2D eigenvalue weighted by Crippen LogP contribution is -1.91. The molecule has 0 aromatic heterocycles. The number of fused-ring (bicyclic) bond motifs is 6. The quantitative estimate of drug-likeness (QED) is 0.291. The number of benzene rings is 4. The number of hydrogen-bond acceptors (Lipinski definition) is 0. The van der Waals surface area contributed by atoms with Crippen molar-refractivity contribution in [3.05, 3.63) is 125 Å². The van der Waals surface area contributed by atoms with Gasteiger partial charge in [-0.05, 0) is 67.3 Å². The van der Waals surface area contributed by atoms with Crippen LogP contribution in [0.5, 0.6) is 0 Å². The fraction of sp³-hybridized carbons (Fsp3) is 0. The molecule has 2 aliphatic carbocycles. The van der Waals surface area contributed by atoms with Crippen molar-refractivity contribution < 1.29 is 0 Å². The van der Waals surface area contributed by atoms with E-state index in [0.29, 0.717) is 0 Å². The molecule has 0 bridgehead atoms. The van der Waals surface area contributed by atoms with Crippen molar-refractivity contribution in [1.82, 2.24) is 0 Å². The third kappa shape index (κ3) is 1.95. The second-order valence-electron chi connectivity index (χ2n) is 7.40. The van der Waals surface area contributed by atoms with Gasteiger partial charge in [0.2, 0.25) is 0 Å². The normalized spacial score (nSPS) is 13.0. The lowest BCUT2D eigenvalue weighted by Gasteiger charge is -2.12. The molecule has 0 radical (unpaired) electrons. The Morgan fingerprint density at radius 3 is 1.29 bits per heavy atom. The van der Waals surface area contributed by atoms with Crippen LogP contribution >= 0.6 is 0 Å². The molecule has 130 valence electrons. The predicted molar refractivity (Wildman–Crippen MR) is 119 cm³/mol. The standard InChI is InChI=1S/C28H18/c1-2-18-15-16-22-21-11-5-8-14-25(21)28(26(22)17-18)27-23-12-6-3-9-19(23)20-10-4-7-13-24(20)27/h2-17H,1H2. The molecule has 4 aromatic carbocycles. The van der Waals surface area contributed by atoms with E-state index < -0.39 is 0 Å². The summed E-state index contributed by atoms with van der Waals surface area (Å²) in [5, 5.41) is 0. The highest BCUT2D eigenvalue weighted by molar-refractivity contribution is 6.18. The molecule has 0 aliphatic heterocycles. The molecular formula is C28H18. The van der Waals surface area contributed by atoms with Crippen LogP contribution in [0.2, 0.25) is 0 Å². The van der Waals surface area contributed by atoms with Gasteiger partial charge in [0.15, 0.2) is 0 Å². The first-order valence-electron chi connectivity index (χ1n) is 9.67. The third-order valence-electron chi connectivity index (χ3n) is 5.97. The zero-order valence-electron chi connectivity index (χ0n) is 15.4. The zero-order chi connectivity index (χ0) is 18.7. The van der Waals surface area contributed by atoms with Crippen molar-refractivity contribution in [2.75, 3.05) is 0 Å². The Hall–Kier alpha value is -3.64. The molecule has 0 saturated carbocycles. The van der Waals surface area contributed by atoms with Crippen molar-refractivity contribution in [2.24, 2.45) is 0 Å². The van der Waals surface area contributed by atoms with Crippen LogP contribution in [0.1, 0.15) is 27.8 Å². The highest BCUT2D eigenvalue weighted by Gasteiger charge is 2.31. The maximum Gasteiger partial charge on any atom is -0.00137 e. The highest BCUT2D eigenvalue weighted by Crippen LogP contribution is 2.54. The summed E-state index contributed by atoms with van der Waals surface area (Å²) in [4.78, 5) is 0. The molecule has 0 heteroatoms. The number of hydrogen-bond donors (Lipinski definition) is 0. The van der Waals surface area contributed by atoms with Gasteiger partial charge in [-0.3, -0.25) is 0 Å². The lowest BCUT2D eigenvalue weighted by molar-refractivity contribution is 1.61. The maximum absolute atomic E-state index is 3.98. The minimum absolute atomic E-state index is 1.16. The molecule has 6 rings (SSSR count). The first kappa shape index (κ1) is 15.4. The smallest absolute Gasteiger partial charge is 0.00137 e. The van der Waals surface area contributed by atoms with Crippen LogP contribution in [0, 0.1) is 0 Å². The Balaban J connectivity index is 1.81. The SMILES string of the molecule is C=Cc1ccc2c(c1)C(=C1c3ccccc3-c3ccccc31)c1ccccc1-2. The Morgan fingerprint density at radius 2 is 0.821 bits per heavy atom. The van der Waals surface area contributed by atoms with Gasteiger partial charge in [-0.2, -0.15) is 0 Å². The molecule has 0 spiro atoms. The number of rotatable bonds is 1. The van der Waals surface area contributed by atoms with Crippen molar-refractivity contribution in [2.45, 2.75) is 0 Å². The van der Waals surface area contributed by atoms with Gasteiger partial charge < -0.3 is 0 Å². The molecule has 0 heterocycles. The Labute approximate surface area is 165 Å². The molecule has 0 amide bonds. The van der Waals surface area contributed by atoms with E-state index >= 15 is 0 Å². The first-order chi connectivity index (χ1) is 13.9. The van der Waals surface area contributed by atoms with E-state index in [0.717, 1.165) is 5.56 Å². The van der Waals surface area contributed by atoms with Crippen LogP contribution in [-0.2, 0) is 0 Å². The van der Waals surface area contributed by atoms with Gasteiger partial charge in [0.25, 0.3) is 0 Å². The summed E-state index contributed by atoms with van der Waals surface area (Å²) >= 11 is 0. The van der Waals surface area contributed by atoms with Crippen LogP contribution in [0.3, 0.4) is 0 Å². The Morgan fingerprint density at radius 1 is 0.429 bits per heavy atom. The van der Waals surface area contributed by atoms with Gasteiger partial charge in [-0.25, -0.2) is 0 Å². The predicted octanol–water partition coefficient (Wildman–Crippen LogP) is 7.30. The summed E-state index contributed by atoms with van der Waals surface area (Å²) in [6.07, 6.45) is 1.93. The van der Waals surface area contributed by atoms with Crippen LogP contribution < -0.4 is 0 Å². The fourth-order valence-electron chi connectivity index (χ4n) is 4.77. The second-order valence-corrected chi connectivity index (χ2v) is 7.40. The van der Waals surface area contributed by atoms with Crippen molar-refractivity contribution in [3.8, 4) is 22.3 Å². The molecule has 4 aromatic rings. The van der Waals surface area contributed by atoms with Crippen molar-refractivity contribution in [3.63, 3.8) is 0 Å². The van der Waals surface area contributed by atoms with E-state index in [9.17, 15) is 0 Å². The van der Waals surface area contributed by atoms with E-state index in [1.54, 1.807) is 0 Å². The minimum Gasteiger partial charge on any atom is -0.0985 e. The summed E-state index contributed by atoms with van der Waals surface area (Å²) in [5.41, 5.74) is 14.4. The zero-order valence-corrected chi connectivity index (χ0v) is 15.4. The van der Waals surface area contributed by atoms with Gasteiger partial charge in [0.05, 0.1) is 0 Å². The van der Waals surface area contributed by atoms with Gasteiger partial charge in [0.1, 0.15) is 0 Å². The van der Waals surface area contributed by atoms with Crippen LogP contribution in [0.4, 0.5) is 0 Å². The maximum atomic E-state index is 3.98. The van der Waals surface area contributed by atoms with E-state index in [1.165, 1.54) is 55.7 Å². The van der Waals surface area contributed by atoms with Crippen molar-refractivity contribution in [1.29, 1.82) is 0 Å². The average molecular weight is 354 g/mol. The molecule has 0 fully saturated rings. The van der Waals surface area contributed by atoms with Gasteiger partial charge in [-0.1, -0.05) is 97.6 Å². The first-order valence-corrected chi connectivity index (χ1v) is 9.67. The highest BCUT2D eigenvalue weighted by atomic mass is 14.3. The summed E-state index contributed by atoms with van der Waals surface area (Å²) in [5.74, 6) is 0. The molecule has 28 heavy (non-hydrogen) atoms. The average Bonchev–Trinajstić information content (AvgIpc) is 3.26. The summed E-state index contributed by atoms with van der Waals surface area (Å²) in [6, 6.07) is 33.0. The molecular weight excluding hydrogens is 336 g/mol. The summed E-state index contributed by atoms with van der Waals surface area (Å²) < 4.78 is 0. The molecule has 0 saturated heterocycles. The third-order valence-corrected chi connectivity index (χ3v) is 5.97. The fourth-order valence-corrected chi connectivity index (χ4v) is 4.77. The van der Waals surface area contributed by atoms with E-state index in [4.69, 9.17) is 0 Å². The van der Waals surface area contributed by atoms with E-state index in [-0.39, 0.29) is 0 Å². The molecule has 0 N–H and O–H groups in total. The van der Waals surface area contributed by atoms with Gasteiger partial charge >= 0.3 is 0 Å². The molecule has 2 aliphatic rings. The van der Waals surface area contributed by atoms with Crippen LogP contribution in [0.15, 0.2) is 97.6 Å². The molecule has 0 atom stereocenters. The molecule has 0 nitrogen and oxygen atoms in total. The van der Waals surface area contributed by atoms with Crippen molar-refractivity contribution >= 4 is 17.2 Å². The van der Waals surface area contributed by atoms with E-state index in [1.807, 2.05) is 6.08 Å². The Bertz CT molecular complexity index is 1270. The van der Waals surface area contributed by atoms with E-state index in [2.05, 4.69) is 97.6 Å². The monoisotopic (exact) mass is 354 g/mol. The molecule has 0 unspecified atom stereocenters. The second kappa shape index (κ2) is 5.68. The summed E-state index contributed by atoms with van der Waals surface area (Å²) in [6.45, 7) is 3.98. The van der Waals surface area contributed by atoms with Crippen LogP contribution in [-0.4, -0.2) is 0 Å². The Kier molecular flexibility index (Phi) is 3.13. The topological polar surface area (TPSA) is 0 Å². The summed E-state index contributed by atoms with van der Waals surface area (Å²) in [7, 11) is 0. The van der Waals surface area contributed by atoms with Gasteiger partial charge in [0, 0.05) is 0 Å². The minimum atomic E-state index is 1.16. The van der Waals surface area contributed by atoms with Gasteiger partial charge in [-0.15, -0.1) is 0 Å². The van der Waals surface area contributed by atoms with Crippen LogP contribution in [0.25, 0.3) is 39.5 Å².